The number of carbonyl (C=O) groups excluding carboxylic acids is 2. The maximum absolute atomic E-state index is 13.1. The molecule has 1 aliphatic heterocycles. The Kier molecular flexibility index (Phi) is 5.39. The first-order valence-corrected chi connectivity index (χ1v) is 8.10. The van der Waals surface area contributed by atoms with Gasteiger partial charge in [-0.25, -0.2) is 0 Å². The van der Waals surface area contributed by atoms with Gasteiger partial charge in [0, 0.05) is 25.7 Å². The molecule has 2 atom stereocenters. The maximum Gasteiger partial charge on any atom is 0.408 e. The van der Waals surface area contributed by atoms with Gasteiger partial charge < -0.3 is 10.2 Å². The van der Waals surface area contributed by atoms with Crippen LogP contribution in [0.15, 0.2) is 24.4 Å². The Hall–Kier alpha value is -2.12. The zero-order valence-corrected chi connectivity index (χ0v) is 14.4. The molecular weight excluding hydrogens is 335 g/mol. The average Bonchev–Trinajstić information content (AvgIpc) is 2.54. The van der Waals surface area contributed by atoms with E-state index in [-0.39, 0.29) is 25.3 Å². The molecule has 2 rings (SSSR count). The van der Waals surface area contributed by atoms with Crippen LogP contribution in [0.2, 0.25) is 0 Å². The monoisotopic (exact) mass is 357 g/mol. The Balaban J connectivity index is 2.08. The molecule has 2 amide bonds. The van der Waals surface area contributed by atoms with Gasteiger partial charge in [0.25, 0.3) is 0 Å². The fourth-order valence-corrected chi connectivity index (χ4v) is 2.99. The molecule has 0 spiro atoms. The first-order chi connectivity index (χ1) is 11.5. The van der Waals surface area contributed by atoms with Gasteiger partial charge in [0.1, 0.15) is 6.04 Å². The van der Waals surface area contributed by atoms with Gasteiger partial charge in [0.05, 0.1) is 11.1 Å². The van der Waals surface area contributed by atoms with Gasteiger partial charge in [-0.2, -0.15) is 13.2 Å². The minimum Gasteiger partial charge on any atom is -0.351 e. The SMILES string of the molecule is CC(=O)N1CC(NC(=O)C(C)(C)c2ccccn2)CCC1C(F)(F)F. The normalized spacial score (nSPS) is 21.8. The van der Waals surface area contributed by atoms with Crippen molar-refractivity contribution in [1.82, 2.24) is 15.2 Å². The highest BCUT2D eigenvalue weighted by Crippen LogP contribution is 2.32. The fraction of sp³-hybridized carbons (Fsp3) is 0.588. The highest BCUT2D eigenvalue weighted by molar-refractivity contribution is 5.87. The number of amides is 2. The summed E-state index contributed by atoms with van der Waals surface area (Å²) in [5.41, 5.74) is -0.358. The van der Waals surface area contributed by atoms with Crippen LogP contribution in [0, 0.1) is 0 Å². The number of pyridine rings is 1. The minimum atomic E-state index is -4.46. The van der Waals surface area contributed by atoms with Crippen molar-refractivity contribution >= 4 is 11.8 Å². The summed E-state index contributed by atoms with van der Waals surface area (Å²) < 4.78 is 39.2. The molecule has 0 radical (unpaired) electrons. The van der Waals surface area contributed by atoms with Crippen LogP contribution < -0.4 is 5.32 Å². The third-order valence-electron chi connectivity index (χ3n) is 4.57. The van der Waals surface area contributed by atoms with Gasteiger partial charge in [-0.15, -0.1) is 0 Å². The van der Waals surface area contributed by atoms with E-state index in [4.69, 9.17) is 0 Å². The van der Waals surface area contributed by atoms with Crippen molar-refractivity contribution in [2.45, 2.75) is 57.3 Å². The van der Waals surface area contributed by atoms with E-state index in [2.05, 4.69) is 10.3 Å². The standard InChI is InChI=1S/C17H22F3N3O2/c1-11(24)23-10-12(7-8-14(23)17(18,19)20)22-15(25)16(2,3)13-6-4-5-9-21-13/h4-6,9,12,14H,7-8,10H2,1-3H3,(H,22,25). The van der Waals surface area contributed by atoms with Crippen LogP contribution in [-0.2, 0) is 15.0 Å². The van der Waals surface area contributed by atoms with E-state index < -0.39 is 29.6 Å². The molecule has 0 bridgehead atoms. The van der Waals surface area contributed by atoms with Gasteiger partial charge in [0.2, 0.25) is 11.8 Å². The van der Waals surface area contributed by atoms with E-state index in [0.29, 0.717) is 5.69 Å². The number of hydrogen-bond acceptors (Lipinski definition) is 3. The predicted molar refractivity (Wildman–Crippen MR) is 85.7 cm³/mol. The number of alkyl halides is 3. The minimum absolute atomic E-state index is 0.149. The van der Waals surface area contributed by atoms with Crippen molar-refractivity contribution in [2.24, 2.45) is 0 Å². The van der Waals surface area contributed by atoms with Crippen molar-refractivity contribution in [3.8, 4) is 0 Å². The lowest BCUT2D eigenvalue weighted by Crippen LogP contribution is -2.59. The Morgan fingerprint density at radius 1 is 1.24 bits per heavy atom. The lowest BCUT2D eigenvalue weighted by molar-refractivity contribution is -0.196. The van der Waals surface area contributed by atoms with Gasteiger partial charge in [0.15, 0.2) is 0 Å². The number of halogens is 3. The summed E-state index contributed by atoms with van der Waals surface area (Å²) in [6.07, 6.45) is -2.94. The summed E-state index contributed by atoms with van der Waals surface area (Å²) >= 11 is 0. The molecule has 2 heterocycles. The molecule has 1 N–H and O–H groups in total. The van der Waals surface area contributed by atoms with Crippen molar-refractivity contribution in [3.63, 3.8) is 0 Å². The second-order valence-electron chi connectivity index (χ2n) is 6.82. The van der Waals surface area contributed by atoms with E-state index in [1.165, 1.54) is 0 Å². The molecule has 138 valence electrons. The summed E-state index contributed by atoms with van der Waals surface area (Å²) in [5, 5.41) is 2.77. The molecular formula is C17H22F3N3O2. The van der Waals surface area contributed by atoms with Crippen LogP contribution in [0.25, 0.3) is 0 Å². The molecule has 1 fully saturated rings. The molecule has 0 saturated carbocycles. The van der Waals surface area contributed by atoms with Gasteiger partial charge in [-0.1, -0.05) is 6.07 Å². The second-order valence-corrected chi connectivity index (χ2v) is 6.82. The van der Waals surface area contributed by atoms with Crippen molar-refractivity contribution < 1.29 is 22.8 Å². The van der Waals surface area contributed by atoms with Crippen molar-refractivity contribution in [2.75, 3.05) is 6.54 Å². The number of likely N-dealkylation sites (tertiary alicyclic amines) is 1. The van der Waals surface area contributed by atoms with Gasteiger partial charge in [-0.3, -0.25) is 14.6 Å². The Bertz CT molecular complexity index is 632. The smallest absolute Gasteiger partial charge is 0.351 e. The van der Waals surface area contributed by atoms with E-state index in [1.807, 2.05) is 0 Å². The molecule has 25 heavy (non-hydrogen) atoms. The van der Waals surface area contributed by atoms with E-state index >= 15 is 0 Å². The summed E-state index contributed by atoms with van der Waals surface area (Å²) in [7, 11) is 0. The number of piperidine rings is 1. The quantitative estimate of drug-likeness (QED) is 0.904. The molecule has 1 aromatic heterocycles. The Labute approximate surface area is 144 Å². The highest BCUT2D eigenvalue weighted by atomic mass is 19.4. The lowest BCUT2D eigenvalue weighted by Gasteiger charge is -2.40. The second kappa shape index (κ2) is 7.01. The molecule has 1 aromatic rings. The number of aromatic nitrogens is 1. The molecule has 1 aliphatic rings. The summed E-state index contributed by atoms with van der Waals surface area (Å²) in [4.78, 5) is 29.2. The largest absolute Gasteiger partial charge is 0.408 e. The average molecular weight is 357 g/mol. The number of rotatable bonds is 3. The Morgan fingerprint density at radius 2 is 1.92 bits per heavy atom. The predicted octanol–water partition coefficient (Wildman–Crippen LogP) is 2.42. The summed E-state index contributed by atoms with van der Waals surface area (Å²) in [6.45, 7) is 4.37. The molecule has 1 saturated heterocycles. The van der Waals surface area contributed by atoms with E-state index in [9.17, 15) is 22.8 Å². The van der Waals surface area contributed by atoms with Crippen LogP contribution in [0.4, 0.5) is 13.2 Å². The number of carbonyl (C=O) groups is 2. The maximum atomic E-state index is 13.1. The topological polar surface area (TPSA) is 62.3 Å². The molecule has 0 aliphatic carbocycles. The van der Waals surface area contributed by atoms with Crippen LogP contribution in [0.5, 0.6) is 0 Å². The van der Waals surface area contributed by atoms with Crippen LogP contribution in [-0.4, -0.2) is 46.5 Å². The Morgan fingerprint density at radius 3 is 2.44 bits per heavy atom. The third kappa shape index (κ3) is 4.29. The number of nitrogens with zero attached hydrogens (tertiary/aromatic N) is 2. The zero-order chi connectivity index (χ0) is 18.8. The first kappa shape index (κ1) is 19.2. The lowest BCUT2D eigenvalue weighted by atomic mass is 9.86. The molecule has 5 nitrogen and oxygen atoms in total. The molecule has 0 aromatic carbocycles. The zero-order valence-electron chi connectivity index (χ0n) is 14.4. The third-order valence-corrected chi connectivity index (χ3v) is 4.57. The van der Waals surface area contributed by atoms with Crippen molar-refractivity contribution in [3.05, 3.63) is 30.1 Å². The fourth-order valence-electron chi connectivity index (χ4n) is 2.99. The first-order valence-electron chi connectivity index (χ1n) is 8.10. The molecule has 8 heteroatoms. The summed E-state index contributed by atoms with van der Waals surface area (Å²) in [5.74, 6) is -0.976. The van der Waals surface area contributed by atoms with Crippen LogP contribution in [0.1, 0.15) is 39.3 Å². The molecule has 2 unspecified atom stereocenters. The van der Waals surface area contributed by atoms with Gasteiger partial charge >= 0.3 is 6.18 Å². The highest BCUT2D eigenvalue weighted by Gasteiger charge is 2.47. The summed E-state index contributed by atoms with van der Waals surface area (Å²) in [6, 6.07) is 2.92. The number of hydrogen-bond donors (Lipinski definition) is 1. The van der Waals surface area contributed by atoms with E-state index in [1.54, 1.807) is 38.2 Å². The van der Waals surface area contributed by atoms with E-state index in [0.717, 1.165) is 11.8 Å². The number of nitrogens with one attached hydrogen (secondary N) is 1. The van der Waals surface area contributed by atoms with Crippen molar-refractivity contribution in [1.29, 1.82) is 0 Å². The van der Waals surface area contributed by atoms with Gasteiger partial charge in [-0.05, 0) is 38.8 Å². The van der Waals surface area contributed by atoms with Crippen LogP contribution in [0.3, 0.4) is 0 Å². The van der Waals surface area contributed by atoms with Crippen LogP contribution >= 0.6 is 0 Å².